The summed E-state index contributed by atoms with van der Waals surface area (Å²) in [5.41, 5.74) is 5.66. The molecule has 0 radical (unpaired) electrons. The molecule has 0 N–H and O–H groups in total. The number of aryl methyl sites for hydroxylation is 2. The maximum Gasteiger partial charge on any atom is 0.254 e. The van der Waals surface area contributed by atoms with Crippen LogP contribution >= 0.6 is 0 Å². The van der Waals surface area contributed by atoms with Gasteiger partial charge in [-0.15, -0.1) is 0 Å². The van der Waals surface area contributed by atoms with E-state index in [1.165, 1.54) is 5.56 Å². The van der Waals surface area contributed by atoms with Crippen LogP contribution in [0.2, 0.25) is 0 Å². The lowest BCUT2D eigenvalue weighted by Crippen LogP contribution is -2.52. The van der Waals surface area contributed by atoms with Crippen molar-refractivity contribution in [2.45, 2.75) is 26.3 Å². The van der Waals surface area contributed by atoms with Crippen molar-refractivity contribution in [2.75, 3.05) is 37.7 Å². The van der Waals surface area contributed by atoms with Crippen LogP contribution in [0.3, 0.4) is 0 Å². The molecule has 33 heavy (non-hydrogen) atoms. The summed E-state index contributed by atoms with van der Waals surface area (Å²) in [5, 5.41) is 0.861. The van der Waals surface area contributed by atoms with E-state index in [-0.39, 0.29) is 23.5 Å². The number of nitrogens with zero attached hydrogens (tertiary/aromatic N) is 3. The summed E-state index contributed by atoms with van der Waals surface area (Å²) < 4.78 is 23.7. The van der Waals surface area contributed by atoms with Crippen LogP contribution < -0.4 is 0 Å². The highest BCUT2D eigenvalue weighted by atomic mass is 32.2. The highest BCUT2D eigenvalue weighted by Gasteiger charge is 2.34. The van der Waals surface area contributed by atoms with Crippen molar-refractivity contribution in [3.63, 3.8) is 0 Å². The number of hydrogen-bond donors (Lipinski definition) is 0. The number of rotatable bonds is 3. The minimum absolute atomic E-state index is 0.0123. The molecule has 0 saturated carbocycles. The zero-order valence-electron chi connectivity index (χ0n) is 19.1. The first-order valence-electron chi connectivity index (χ1n) is 11.5. The average Bonchev–Trinajstić information content (AvgIpc) is 3.17. The van der Waals surface area contributed by atoms with Gasteiger partial charge in [-0.1, -0.05) is 42.0 Å². The van der Waals surface area contributed by atoms with Crippen molar-refractivity contribution >= 4 is 26.6 Å². The van der Waals surface area contributed by atoms with Gasteiger partial charge in [-0.05, 0) is 38.0 Å². The molecule has 2 aromatic carbocycles. The average molecular weight is 464 g/mol. The molecule has 2 saturated heterocycles. The Morgan fingerprint density at radius 1 is 1.00 bits per heavy atom. The lowest BCUT2D eigenvalue weighted by atomic mass is 9.99. The zero-order valence-corrected chi connectivity index (χ0v) is 19.9. The van der Waals surface area contributed by atoms with Crippen LogP contribution in [0.4, 0.5) is 0 Å². The second-order valence-electron chi connectivity index (χ2n) is 9.28. The predicted molar refractivity (Wildman–Crippen MR) is 131 cm³/mol. The third-order valence-corrected chi connectivity index (χ3v) is 8.68. The number of fused-ring (bicyclic) bond motifs is 1. The predicted octanol–water partition coefficient (Wildman–Crippen LogP) is 3.46. The minimum atomic E-state index is -2.91. The molecule has 1 unspecified atom stereocenters. The number of sulfone groups is 1. The van der Waals surface area contributed by atoms with Gasteiger partial charge in [-0.2, -0.15) is 0 Å². The quantitative estimate of drug-likeness (QED) is 0.595. The fourth-order valence-corrected chi connectivity index (χ4v) is 6.88. The van der Waals surface area contributed by atoms with E-state index in [0.29, 0.717) is 38.2 Å². The Morgan fingerprint density at radius 3 is 2.45 bits per heavy atom. The lowest BCUT2D eigenvalue weighted by molar-refractivity contribution is 0.0589. The Balaban J connectivity index is 1.43. The molecule has 6 nitrogen and oxygen atoms in total. The van der Waals surface area contributed by atoms with Gasteiger partial charge in [0, 0.05) is 43.2 Å². The van der Waals surface area contributed by atoms with E-state index in [2.05, 4.69) is 36.9 Å². The molecule has 7 heteroatoms. The second kappa shape index (κ2) is 8.54. The number of hydrogen-bond acceptors (Lipinski definition) is 5. The van der Waals surface area contributed by atoms with Gasteiger partial charge in [0.2, 0.25) is 0 Å². The molecule has 0 bridgehead atoms. The topological polar surface area (TPSA) is 70.6 Å². The first-order valence-corrected chi connectivity index (χ1v) is 13.3. The lowest BCUT2D eigenvalue weighted by Gasteiger charge is -2.37. The van der Waals surface area contributed by atoms with Crippen LogP contribution in [0.5, 0.6) is 0 Å². The molecule has 172 valence electrons. The van der Waals surface area contributed by atoms with E-state index in [4.69, 9.17) is 4.98 Å². The van der Waals surface area contributed by atoms with Crippen molar-refractivity contribution in [1.82, 2.24) is 14.8 Å². The smallest absolute Gasteiger partial charge is 0.254 e. The van der Waals surface area contributed by atoms with E-state index in [1.807, 2.05) is 35.2 Å². The van der Waals surface area contributed by atoms with Crippen LogP contribution in [0.25, 0.3) is 22.2 Å². The van der Waals surface area contributed by atoms with Crippen molar-refractivity contribution < 1.29 is 13.2 Å². The van der Waals surface area contributed by atoms with Gasteiger partial charge in [0.25, 0.3) is 5.91 Å². The van der Waals surface area contributed by atoms with E-state index >= 15 is 0 Å². The number of aromatic nitrogens is 1. The van der Waals surface area contributed by atoms with Gasteiger partial charge >= 0.3 is 0 Å². The molecule has 2 aliphatic heterocycles. The SMILES string of the molecule is Cc1ccc(-c2cc(C(=O)N3CCN(C4CCS(=O)(=O)C4)CC3)c3ccccc3n2)c(C)c1. The summed E-state index contributed by atoms with van der Waals surface area (Å²) in [6.45, 7) is 6.76. The summed E-state index contributed by atoms with van der Waals surface area (Å²) in [6, 6.07) is 16.1. The number of para-hydroxylation sites is 1. The highest BCUT2D eigenvalue weighted by molar-refractivity contribution is 7.91. The fraction of sp³-hybridized carbons (Fsp3) is 0.385. The molecular weight excluding hydrogens is 434 g/mol. The van der Waals surface area contributed by atoms with Crippen molar-refractivity contribution in [3.05, 3.63) is 65.2 Å². The Hall–Kier alpha value is -2.77. The largest absolute Gasteiger partial charge is 0.336 e. The normalized spacial score (nSPS) is 20.9. The molecular formula is C26H29N3O3S. The van der Waals surface area contributed by atoms with Crippen LogP contribution in [0, 0.1) is 13.8 Å². The summed E-state index contributed by atoms with van der Waals surface area (Å²) in [6.07, 6.45) is 0.699. The zero-order chi connectivity index (χ0) is 23.2. The Morgan fingerprint density at radius 2 is 1.76 bits per heavy atom. The third-order valence-electron chi connectivity index (χ3n) is 6.93. The van der Waals surface area contributed by atoms with Gasteiger partial charge in [-0.3, -0.25) is 9.69 Å². The number of piperazine rings is 1. The number of benzene rings is 2. The number of carbonyl (C=O) groups is 1. The molecule has 1 atom stereocenters. The van der Waals surface area contributed by atoms with E-state index in [1.54, 1.807) is 0 Å². The first-order chi connectivity index (χ1) is 15.8. The Kier molecular flexibility index (Phi) is 5.70. The summed E-state index contributed by atoms with van der Waals surface area (Å²) in [5.74, 6) is 0.536. The minimum Gasteiger partial charge on any atom is -0.336 e. The number of carbonyl (C=O) groups excluding carboxylic acids is 1. The van der Waals surface area contributed by atoms with E-state index in [0.717, 1.165) is 27.7 Å². The third kappa shape index (κ3) is 4.39. The van der Waals surface area contributed by atoms with Crippen LogP contribution in [-0.4, -0.2) is 72.8 Å². The molecule has 1 aromatic heterocycles. The van der Waals surface area contributed by atoms with Gasteiger partial charge in [0.15, 0.2) is 9.84 Å². The molecule has 1 amide bonds. The molecule has 5 rings (SSSR count). The Bertz CT molecular complexity index is 1330. The Labute approximate surface area is 195 Å². The standard InChI is InChI=1S/C26H29N3O3S/c1-18-7-8-21(19(2)15-18)25-16-23(22-5-3-4-6-24(22)27-25)26(30)29-12-10-28(11-13-29)20-9-14-33(31,32)17-20/h3-8,15-16,20H,9-14,17H2,1-2H3. The molecule has 2 aliphatic rings. The second-order valence-corrected chi connectivity index (χ2v) is 11.5. The summed E-state index contributed by atoms with van der Waals surface area (Å²) >= 11 is 0. The van der Waals surface area contributed by atoms with Crippen molar-refractivity contribution in [1.29, 1.82) is 0 Å². The maximum absolute atomic E-state index is 13.7. The van der Waals surface area contributed by atoms with Crippen LogP contribution in [0.15, 0.2) is 48.5 Å². The monoisotopic (exact) mass is 463 g/mol. The number of amides is 1. The van der Waals surface area contributed by atoms with Gasteiger partial charge in [0.05, 0.1) is 28.3 Å². The molecule has 0 aliphatic carbocycles. The molecule has 3 aromatic rings. The van der Waals surface area contributed by atoms with Gasteiger partial charge in [-0.25, -0.2) is 13.4 Å². The van der Waals surface area contributed by atoms with Crippen LogP contribution in [0.1, 0.15) is 27.9 Å². The van der Waals surface area contributed by atoms with Gasteiger partial charge < -0.3 is 4.90 Å². The first kappa shape index (κ1) is 22.0. The van der Waals surface area contributed by atoms with Gasteiger partial charge in [0.1, 0.15) is 0 Å². The number of pyridine rings is 1. The fourth-order valence-electron chi connectivity index (χ4n) is 5.12. The van der Waals surface area contributed by atoms with E-state index in [9.17, 15) is 13.2 Å². The molecule has 3 heterocycles. The molecule has 2 fully saturated rings. The highest BCUT2D eigenvalue weighted by Crippen LogP contribution is 2.29. The van der Waals surface area contributed by atoms with Crippen molar-refractivity contribution in [3.8, 4) is 11.3 Å². The van der Waals surface area contributed by atoms with Crippen molar-refractivity contribution in [2.24, 2.45) is 0 Å². The molecule has 0 spiro atoms. The summed E-state index contributed by atoms with van der Waals surface area (Å²) in [7, 11) is -2.91. The summed E-state index contributed by atoms with van der Waals surface area (Å²) in [4.78, 5) is 22.6. The van der Waals surface area contributed by atoms with E-state index < -0.39 is 9.84 Å². The van der Waals surface area contributed by atoms with Crippen LogP contribution in [-0.2, 0) is 9.84 Å². The maximum atomic E-state index is 13.7.